The molecule has 7 heteroatoms. The second-order valence-corrected chi connectivity index (χ2v) is 4.94. The van der Waals surface area contributed by atoms with Crippen LogP contribution >= 0.6 is 22.6 Å². The molecule has 0 amide bonds. The van der Waals surface area contributed by atoms with Gasteiger partial charge in [0.05, 0.1) is 0 Å². The molecule has 1 aromatic rings. The molecule has 2 nitrogen and oxygen atoms in total. The molecular weight excluding hydrogens is 355 g/mol. The van der Waals surface area contributed by atoms with E-state index in [-0.39, 0.29) is 0 Å². The van der Waals surface area contributed by atoms with Gasteiger partial charge in [0.1, 0.15) is 0 Å². The van der Waals surface area contributed by atoms with E-state index in [1.54, 1.807) is 0 Å². The molecule has 0 spiro atoms. The van der Waals surface area contributed by atoms with Crippen LogP contribution in [0.25, 0.3) is 0 Å². The lowest BCUT2D eigenvalue weighted by molar-refractivity contribution is -0.277. The van der Waals surface area contributed by atoms with Crippen LogP contribution in [0.5, 0.6) is 0 Å². The minimum absolute atomic E-state index is 0.481. The summed E-state index contributed by atoms with van der Waals surface area (Å²) < 4.78 is 48.1. The van der Waals surface area contributed by atoms with E-state index in [1.807, 2.05) is 0 Å². The summed E-state index contributed by atoms with van der Waals surface area (Å²) in [6.07, 6.45) is 0. The van der Waals surface area contributed by atoms with Gasteiger partial charge < -0.3 is 10.2 Å². The van der Waals surface area contributed by atoms with Crippen LogP contribution in [0.15, 0.2) is 30.3 Å². The smallest absolute Gasteiger partial charge is 0.324 e. The Morgan fingerprint density at radius 3 is 1.94 bits per heavy atom. The molecule has 2 N–H and O–H groups in total. The van der Waals surface area contributed by atoms with Crippen molar-refractivity contribution < 1.29 is 27.8 Å². The Labute approximate surface area is 108 Å². The molecule has 0 heterocycles. The van der Waals surface area contributed by atoms with E-state index in [0.29, 0.717) is 22.6 Å². The molecule has 96 valence electrons. The van der Waals surface area contributed by atoms with E-state index in [2.05, 4.69) is 0 Å². The van der Waals surface area contributed by atoms with E-state index in [4.69, 9.17) is 0 Å². The first-order valence-corrected chi connectivity index (χ1v) is 5.56. The van der Waals surface area contributed by atoms with E-state index in [9.17, 15) is 27.8 Å². The van der Waals surface area contributed by atoms with Crippen molar-refractivity contribution in [2.45, 2.75) is 15.4 Å². The minimum atomic E-state index is -4.52. The molecule has 1 unspecified atom stereocenters. The average Bonchev–Trinajstić information content (AvgIpc) is 2.29. The van der Waals surface area contributed by atoms with Gasteiger partial charge >= 0.3 is 5.92 Å². The van der Waals surface area contributed by atoms with Gasteiger partial charge in [-0.1, -0.05) is 30.3 Å². The fraction of sp³-hybridized carbons (Fsp3) is 0.400. The maximum atomic E-state index is 13.8. The molecule has 0 fully saturated rings. The van der Waals surface area contributed by atoms with Crippen LogP contribution in [0.4, 0.5) is 17.6 Å². The number of hydrogen-bond acceptors (Lipinski definition) is 2. The third kappa shape index (κ3) is 2.41. The van der Waals surface area contributed by atoms with Crippen molar-refractivity contribution >= 4 is 22.6 Å². The molecule has 0 aliphatic heterocycles. The number of aliphatic hydroxyl groups is 2. The summed E-state index contributed by atoms with van der Waals surface area (Å²) in [5.41, 5.74) is -0.481. The molecular formula is C10H9F4IO2. The molecule has 0 saturated carbocycles. The van der Waals surface area contributed by atoms with Gasteiger partial charge in [-0.05, 0) is 22.6 Å². The fourth-order valence-corrected chi connectivity index (χ4v) is 1.65. The molecule has 0 saturated heterocycles. The zero-order valence-corrected chi connectivity index (χ0v) is 10.5. The van der Waals surface area contributed by atoms with Crippen molar-refractivity contribution in [1.29, 1.82) is 0 Å². The molecule has 17 heavy (non-hydrogen) atoms. The van der Waals surface area contributed by atoms with E-state index >= 15 is 0 Å². The van der Waals surface area contributed by atoms with Crippen molar-refractivity contribution in [3.05, 3.63) is 35.9 Å². The maximum absolute atomic E-state index is 13.8. The Kier molecular flexibility index (Phi) is 4.04. The molecule has 0 bridgehead atoms. The first-order valence-electron chi connectivity index (χ1n) is 4.48. The predicted molar refractivity (Wildman–Crippen MR) is 61.3 cm³/mol. The highest BCUT2D eigenvalue weighted by Gasteiger charge is 2.66. The lowest BCUT2D eigenvalue weighted by Gasteiger charge is -2.37. The summed E-state index contributed by atoms with van der Waals surface area (Å²) >= 11 is 0.508. The van der Waals surface area contributed by atoms with Crippen LogP contribution in [-0.4, -0.2) is 26.5 Å². The highest BCUT2D eigenvalue weighted by molar-refractivity contribution is 14.1. The van der Waals surface area contributed by atoms with Crippen molar-refractivity contribution in [1.82, 2.24) is 0 Å². The zero-order chi connectivity index (χ0) is 13.3. The van der Waals surface area contributed by atoms with E-state index in [1.165, 1.54) is 18.2 Å². The highest BCUT2D eigenvalue weighted by Crippen LogP contribution is 2.49. The van der Waals surface area contributed by atoms with Crippen LogP contribution < -0.4 is 0 Å². The number of halogens is 5. The van der Waals surface area contributed by atoms with E-state index in [0.717, 1.165) is 12.1 Å². The van der Waals surface area contributed by atoms with Crippen molar-refractivity contribution in [3.8, 4) is 0 Å². The fourth-order valence-electron chi connectivity index (χ4n) is 1.19. The maximum Gasteiger partial charge on any atom is 0.324 e. The topological polar surface area (TPSA) is 40.5 Å². The minimum Gasteiger partial charge on any atom is -0.359 e. The summed E-state index contributed by atoms with van der Waals surface area (Å²) in [5, 5.41) is 19.0. The highest BCUT2D eigenvalue weighted by atomic mass is 127. The van der Waals surface area contributed by atoms with Crippen LogP contribution in [0.3, 0.4) is 0 Å². The Hall–Kier alpha value is -0.410. The van der Waals surface area contributed by atoms with Crippen LogP contribution in [-0.2, 0) is 5.79 Å². The largest absolute Gasteiger partial charge is 0.359 e. The SMILES string of the molecule is OC(O)(c1ccccc1)C(F)(I)C(F)(F)CF. The molecule has 1 aromatic carbocycles. The second kappa shape index (κ2) is 4.69. The molecule has 1 rings (SSSR count). The molecule has 0 aliphatic carbocycles. The van der Waals surface area contributed by atoms with Gasteiger partial charge in [0.25, 0.3) is 3.68 Å². The van der Waals surface area contributed by atoms with Crippen molar-refractivity contribution in [3.63, 3.8) is 0 Å². The van der Waals surface area contributed by atoms with Gasteiger partial charge in [-0.25, -0.2) is 8.78 Å². The third-order valence-electron chi connectivity index (χ3n) is 2.24. The lowest BCUT2D eigenvalue weighted by Crippen LogP contribution is -2.56. The Morgan fingerprint density at radius 2 is 1.53 bits per heavy atom. The van der Waals surface area contributed by atoms with Gasteiger partial charge in [-0.15, -0.1) is 0 Å². The monoisotopic (exact) mass is 364 g/mol. The summed E-state index contributed by atoms with van der Waals surface area (Å²) in [7, 11) is 0. The standard InChI is InChI=1S/C10H9F4IO2/c11-6-8(12,13)10(14,15)9(16,17)7-4-2-1-3-5-7/h1-5,16-17H,6H2. The van der Waals surface area contributed by atoms with Crippen molar-refractivity contribution in [2.24, 2.45) is 0 Å². The summed E-state index contributed by atoms with van der Waals surface area (Å²) in [4.78, 5) is 0. The number of alkyl halides is 5. The van der Waals surface area contributed by atoms with Gasteiger partial charge in [-0.3, -0.25) is 0 Å². The average molecular weight is 364 g/mol. The first-order chi connectivity index (χ1) is 7.67. The van der Waals surface area contributed by atoms with Crippen molar-refractivity contribution in [2.75, 3.05) is 6.67 Å². The van der Waals surface area contributed by atoms with Gasteiger partial charge in [0.2, 0.25) is 5.79 Å². The molecule has 0 aliphatic rings. The molecule has 0 aromatic heterocycles. The Bertz CT molecular complexity index is 381. The van der Waals surface area contributed by atoms with Gasteiger partial charge in [-0.2, -0.15) is 8.78 Å². The summed E-state index contributed by atoms with van der Waals surface area (Å²) in [6, 6.07) is 6.23. The first kappa shape index (κ1) is 14.7. The lowest BCUT2D eigenvalue weighted by atomic mass is 9.97. The third-order valence-corrected chi connectivity index (χ3v) is 3.78. The van der Waals surface area contributed by atoms with Gasteiger partial charge in [0, 0.05) is 5.56 Å². The quantitative estimate of drug-likeness (QED) is 0.373. The molecule has 1 atom stereocenters. The normalized spacial score (nSPS) is 16.6. The van der Waals surface area contributed by atoms with Crippen LogP contribution in [0.2, 0.25) is 0 Å². The number of benzene rings is 1. The molecule has 0 radical (unpaired) electrons. The van der Waals surface area contributed by atoms with Crippen LogP contribution in [0.1, 0.15) is 5.56 Å². The zero-order valence-electron chi connectivity index (χ0n) is 8.38. The van der Waals surface area contributed by atoms with E-state index < -0.39 is 27.6 Å². The predicted octanol–water partition coefficient (Wildman–Crippen LogP) is 2.53. The van der Waals surface area contributed by atoms with Gasteiger partial charge in [0.15, 0.2) is 6.67 Å². The second-order valence-electron chi connectivity index (χ2n) is 3.45. The Balaban J connectivity index is 3.22. The number of rotatable bonds is 4. The van der Waals surface area contributed by atoms with Crippen LogP contribution in [0, 0.1) is 0 Å². The summed E-state index contributed by atoms with van der Waals surface area (Å²) in [6.45, 7) is -2.33. The number of hydrogen-bond donors (Lipinski definition) is 2. The summed E-state index contributed by atoms with van der Waals surface area (Å²) in [5.74, 6) is -8.02. The Morgan fingerprint density at radius 1 is 1.06 bits per heavy atom.